The summed E-state index contributed by atoms with van der Waals surface area (Å²) in [5.41, 5.74) is 0.971. The molecule has 1 heterocycles. The summed E-state index contributed by atoms with van der Waals surface area (Å²) in [4.78, 5) is 15.1. The summed E-state index contributed by atoms with van der Waals surface area (Å²) in [6.45, 7) is 0. The molecule has 3 aromatic rings. The van der Waals surface area contributed by atoms with Crippen molar-refractivity contribution in [3.8, 4) is 22.8 Å². The molecule has 0 saturated carbocycles. The zero-order valence-corrected chi connectivity index (χ0v) is 9.92. The highest BCUT2D eigenvalue weighted by Crippen LogP contribution is 2.29. The van der Waals surface area contributed by atoms with Crippen molar-refractivity contribution in [2.75, 3.05) is 0 Å². The fraction of sp³-hybridized carbons (Fsp3) is 0. The van der Waals surface area contributed by atoms with Crippen molar-refractivity contribution in [3.63, 3.8) is 0 Å². The Morgan fingerprint density at radius 2 is 1.63 bits per heavy atom. The van der Waals surface area contributed by atoms with Gasteiger partial charge in [-0.25, -0.2) is 0 Å². The largest absolute Gasteiger partial charge is 0.507 e. The summed E-state index contributed by atoms with van der Waals surface area (Å²) in [6, 6.07) is 13.8. The van der Waals surface area contributed by atoms with E-state index < -0.39 is 5.43 Å². The van der Waals surface area contributed by atoms with Crippen LogP contribution in [0.25, 0.3) is 22.2 Å². The molecular weight excluding hydrogens is 242 g/mol. The topological polar surface area (TPSA) is 73.3 Å². The van der Waals surface area contributed by atoms with E-state index >= 15 is 0 Å². The van der Waals surface area contributed by atoms with Crippen LogP contribution in [0.15, 0.2) is 53.3 Å². The third-order valence-electron chi connectivity index (χ3n) is 3.04. The minimum Gasteiger partial charge on any atom is -0.507 e. The third kappa shape index (κ3) is 1.74. The van der Waals surface area contributed by atoms with Gasteiger partial charge in [0.2, 0.25) is 5.43 Å². The van der Waals surface area contributed by atoms with Gasteiger partial charge in [0.05, 0.1) is 16.6 Å². The number of phenols is 1. The van der Waals surface area contributed by atoms with E-state index in [9.17, 15) is 15.0 Å². The highest BCUT2D eigenvalue weighted by atomic mass is 16.3. The quantitative estimate of drug-likeness (QED) is 0.624. The molecule has 0 atom stereocenters. The lowest BCUT2D eigenvalue weighted by Gasteiger charge is -2.08. The van der Waals surface area contributed by atoms with Gasteiger partial charge in [0.15, 0.2) is 5.75 Å². The van der Waals surface area contributed by atoms with E-state index in [2.05, 4.69) is 4.98 Å². The van der Waals surface area contributed by atoms with E-state index in [-0.39, 0.29) is 16.9 Å². The van der Waals surface area contributed by atoms with Gasteiger partial charge in [-0.05, 0) is 12.1 Å². The molecule has 2 aromatic carbocycles. The Morgan fingerprint density at radius 3 is 2.37 bits per heavy atom. The fourth-order valence-electron chi connectivity index (χ4n) is 2.12. The Labute approximate surface area is 108 Å². The lowest BCUT2D eigenvalue weighted by atomic mass is 10.1. The molecule has 0 aliphatic heterocycles. The Kier molecular flexibility index (Phi) is 2.49. The van der Waals surface area contributed by atoms with Crippen molar-refractivity contribution in [1.29, 1.82) is 0 Å². The van der Waals surface area contributed by atoms with Crippen molar-refractivity contribution < 1.29 is 10.2 Å². The molecule has 0 unspecified atom stereocenters. The van der Waals surface area contributed by atoms with Crippen molar-refractivity contribution in [3.05, 3.63) is 58.8 Å². The van der Waals surface area contributed by atoms with E-state index in [1.54, 1.807) is 24.3 Å². The number of aromatic hydroxyl groups is 2. The number of nitrogens with one attached hydrogen (secondary N) is 1. The molecule has 19 heavy (non-hydrogen) atoms. The normalized spacial score (nSPS) is 10.7. The first-order chi connectivity index (χ1) is 9.18. The van der Waals surface area contributed by atoms with Crippen LogP contribution in [0.4, 0.5) is 0 Å². The molecule has 0 radical (unpaired) electrons. The Hall–Kier alpha value is -2.75. The van der Waals surface area contributed by atoms with Crippen LogP contribution in [0.1, 0.15) is 0 Å². The average Bonchev–Trinajstić information content (AvgIpc) is 2.43. The second-order valence-electron chi connectivity index (χ2n) is 4.24. The van der Waals surface area contributed by atoms with Gasteiger partial charge in [0.1, 0.15) is 5.75 Å². The summed E-state index contributed by atoms with van der Waals surface area (Å²) in [6.07, 6.45) is 0. The second-order valence-corrected chi connectivity index (χ2v) is 4.24. The maximum Gasteiger partial charge on any atom is 0.235 e. The number of hydrogen-bond donors (Lipinski definition) is 3. The molecule has 4 heteroatoms. The maximum atomic E-state index is 12.1. The third-order valence-corrected chi connectivity index (χ3v) is 3.04. The molecule has 3 rings (SSSR count). The average molecular weight is 253 g/mol. The van der Waals surface area contributed by atoms with Crippen LogP contribution in [-0.2, 0) is 0 Å². The van der Waals surface area contributed by atoms with Crippen molar-refractivity contribution in [2.24, 2.45) is 0 Å². The van der Waals surface area contributed by atoms with Gasteiger partial charge >= 0.3 is 0 Å². The van der Waals surface area contributed by atoms with Gasteiger partial charge in [0, 0.05) is 5.56 Å². The van der Waals surface area contributed by atoms with E-state index in [0.29, 0.717) is 16.8 Å². The van der Waals surface area contributed by atoms with Crippen molar-refractivity contribution in [1.82, 2.24) is 4.98 Å². The van der Waals surface area contributed by atoms with E-state index in [1.807, 2.05) is 18.2 Å². The zero-order chi connectivity index (χ0) is 13.4. The van der Waals surface area contributed by atoms with Crippen LogP contribution in [0.5, 0.6) is 11.5 Å². The van der Waals surface area contributed by atoms with Crippen LogP contribution < -0.4 is 5.43 Å². The fourth-order valence-corrected chi connectivity index (χ4v) is 2.12. The van der Waals surface area contributed by atoms with Gasteiger partial charge in [-0.15, -0.1) is 0 Å². The lowest BCUT2D eigenvalue weighted by Crippen LogP contribution is -2.05. The summed E-state index contributed by atoms with van der Waals surface area (Å²) >= 11 is 0. The van der Waals surface area contributed by atoms with E-state index in [1.165, 1.54) is 6.07 Å². The molecule has 0 amide bonds. The smallest absolute Gasteiger partial charge is 0.235 e. The highest BCUT2D eigenvalue weighted by molar-refractivity contribution is 5.89. The van der Waals surface area contributed by atoms with Gasteiger partial charge in [-0.3, -0.25) is 4.79 Å². The number of aromatic nitrogens is 1. The number of rotatable bonds is 1. The molecule has 0 saturated heterocycles. The number of phenolic OH excluding ortho intramolecular Hbond substituents is 1. The Balaban J connectivity index is 2.41. The molecule has 3 N–H and O–H groups in total. The first-order valence-corrected chi connectivity index (χ1v) is 5.81. The molecule has 0 aliphatic carbocycles. The second kappa shape index (κ2) is 4.17. The summed E-state index contributed by atoms with van der Waals surface area (Å²) in [5.74, 6) is -0.533. The Bertz CT molecular complexity index is 807. The lowest BCUT2D eigenvalue weighted by molar-refractivity contribution is 0.467. The highest BCUT2D eigenvalue weighted by Gasteiger charge is 2.14. The number of H-pyrrole nitrogens is 1. The number of benzene rings is 2. The SMILES string of the molecule is O=c1c(O)c(-c2ccccc2)[nH]c2cccc(O)c12. The van der Waals surface area contributed by atoms with Crippen LogP contribution in [0.2, 0.25) is 0 Å². The molecule has 1 aromatic heterocycles. The summed E-state index contributed by atoms with van der Waals surface area (Å²) in [7, 11) is 0. The first-order valence-electron chi connectivity index (χ1n) is 5.81. The van der Waals surface area contributed by atoms with E-state index in [4.69, 9.17) is 0 Å². The minimum absolute atomic E-state index is 0.0969. The van der Waals surface area contributed by atoms with Crippen molar-refractivity contribution >= 4 is 10.9 Å². The van der Waals surface area contributed by atoms with Crippen LogP contribution in [0, 0.1) is 0 Å². The minimum atomic E-state index is -0.578. The number of hydrogen-bond acceptors (Lipinski definition) is 3. The predicted molar refractivity (Wildman–Crippen MR) is 73.3 cm³/mol. The van der Waals surface area contributed by atoms with Gasteiger partial charge < -0.3 is 15.2 Å². The molecular formula is C15H11NO3. The Morgan fingerprint density at radius 1 is 0.895 bits per heavy atom. The summed E-state index contributed by atoms with van der Waals surface area (Å²) < 4.78 is 0. The monoisotopic (exact) mass is 253 g/mol. The van der Waals surface area contributed by atoms with Crippen LogP contribution in [0.3, 0.4) is 0 Å². The molecule has 0 fully saturated rings. The molecule has 4 nitrogen and oxygen atoms in total. The maximum absolute atomic E-state index is 12.1. The molecule has 94 valence electrons. The van der Waals surface area contributed by atoms with Crippen molar-refractivity contribution in [2.45, 2.75) is 0 Å². The molecule has 0 spiro atoms. The summed E-state index contributed by atoms with van der Waals surface area (Å²) in [5, 5.41) is 19.8. The standard InChI is InChI=1S/C15H11NO3/c17-11-8-4-7-10-12(11)14(18)15(19)13(16-10)9-5-2-1-3-6-9/h1-8,17,19H,(H,16,18). The van der Waals surface area contributed by atoms with Gasteiger partial charge in [-0.1, -0.05) is 36.4 Å². The van der Waals surface area contributed by atoms with Gasteiger partial charge in [0.25, 0.3) is 0 Å². The number of aromatic amines is 1. The predicted octanol–water partition coefficient (Wildman–Crippen LogP) is 2.61. The first kappa shape index (κ1) is 11.3. The number of pyridine rings is 1. The molecule has 0 aliphatic rings. The van der Waals surface area contributed by atoms with Gasteiger partial charge in [-0.2, -0.15) is 0 Å². The number of fused-ring (bicyclic) bond motifs is 1. The van der Waals surface area contributed by atoms with Crippen LogP contribution in [-0.4, -0.2) is 15.2 Å². The van der Waals surface area contributed by atoms with E-state index in [0.717, 1.165) is 0 Å². The molecule has 0 bridgehead atoms. The zero-order valence-electron chi connectivity index (χ0n) is 9.92. The van der Waals surface area contributed by atoms with Crippen LogP contribution >= 0.6 is 0 Å².